The molecule has 0 bridgehead atoms. The molecule has 3 nitrogen and oxygen atoms in total. The lowest BCUT2D eigenvalue weighted by Crippen LogP contribution is -2.22. The molecule has 0 aliphatic carbocycles. The average Bonchev–Trinajstić information content (AvgIpc) is 2.53. The maximum absolute atomic E-state index is 11.9. The zero-order valence-electron chi connectivity index (χ0n) is 12.3. The summed E-state index contributed by atoms with van der Waals surface area (Å²) in [6.07, 6.45) is 2.12. The number of carbonyl (C=O) groups excluding carboxylic acids is 1. The van der Waals surface area contributed by atoms with Crippen molar-refractivity contribution in [1.82, 2.24) is 0 Å². The monoisotopic (exact) mass is 283 g/mol. The van der Waals surface area contributed by atoms with Crippen LogP contribution in [-0.2, 0) is 11.2 Å². The van der Waals surface area contributed by atoms with Crippen LogP contribution in [0.4, 0.5) is 10.5 Å². The normalized spacial score (nSPS) is 11.7. The Morgan fingerprint density at radius 1 is 1.05 bits per heavy atom. The number of aryl methyl sites for hydroxylation is 1. The third-order valence-corrected chi connectivity index (χ3v) is 3.35. The van der Waals surface area contributed by atoms with Gasteiger partial charge in [0.05, 0.1) is 0 Å². The van der Waals surface area contributed by atoms with E-state index in [1.54, 1.807) is 0 Å². The third kappa shape index (κ3) is 5.30. The molecule has 1 amide bonds. The van der Waals surface area contributed by atoms with E-state index in [0.717, 1.165) is 24.9 Å². The SMILES string of the molecule is CC[C@H](CCc1ccccc1)OC(=O)Nc1ccccc1. The van der Waals surface area contributed by atoms with Crippen LogP contribution in [0.3, 0.4) is 0 Å². The van der Waals surface area contributed by atoms with Crippen molar-refractivity contribution in [2.45, 2.75) is 32.3 Å². The Hall–Kier alpha value is -2.29. The Morgan fingerprint density at radius 2 is 1.67 bits per heavy atom. The van der Waals surface area contributed by atoms with Crippen molar-refractivity contribution in [3.63, 3.8) is 0 Å². The van der Waals surface area contributed by atoms with Gasteiger partial charge in [0.1, 0.15) is 6.10 Å². The fraction of sp³-hybridized carbons (Fsp3) is 0.278. The molecule has 0 heterocycles. The molecule has 0 saturated carbocycles. The molecule has 0 fully saturated rings. The number of nitrogens with one attached hydrogen (secondary N) is 1. The predicted molar refractivity (Wildman–Crippen MR) is 85.4 cm³/mol. The zero-order chi connectivity index (χ0) is 14.9. The van der Waals surface area contributed by atoms with Gasteiger partial charge in [0, 0.05) is 5.69 Å². The summed E-state index contributed by atoms with van der Waals surface area (Å²) in [6.45, 7) is 2.03. The molecule has 2 rings (SSSR count). The van der Waals surface area contributed by atoms with Crippen LogP contribution < -0.4 is 5.32 Å². The molecule has 0 aromatic heterocycles. The van der Waals surface area contributed by atoms with E-state index in [1.165, 1.54) is 5.56 Å². The van der Waals surface area contributed by atoms with E-state index in [9.17, 15) is 4.79 Å². The topological polar surface area (TPSA) is 38.3 Å². The molecule has 2 aromatic rings. The first kappa shape index (κ1) is 15.1. The molecular formula is C18H21NO2. The first-order chi connectivity index (χ1) is 10.3. The summed E-state index contributed by atoms with van der Waals surface area (Å²) >= 11 is 0. The lowest BCUT2D eigenvalue weighted by molar-refractivity contribution is 0.103. The standard InChI is InChI=1S/C18H21NO2/c1-2-17(14-13-15-9-5-3-6-10-15)21-18(20)19-16-11-7-4-8-12-16/h3-12,17H,2,13-14H2,1H3,(H,19,20)/t17-/m1/s1. The van der Waals surface area contributed by atoms with Gasteiger partial charge in [-0.15, -0.1) is 0 Å². The van der Waals surface area contributed by atoms with Crippen molar-refractivity contribution in [2.75, 3.05) is 5.32 Å². The summed E-state index contributed by atoms with van der Waals surface area (Å²) in [4.78, 5) is 11.9. The highest BCUT2D eigenvalue weighted by molar-refractivity contribution is 5.84. The number of hydrogen-bond donors (Lipinski definition) is 1. The number of rotatable bonds is 6. The van der Waals surface area contributed by atoms with Crippen LogP contribution in [0.15, 0.2) is 60.7 Å². The number of benzene rings is 2. The second-order valence-electron chi connectivity index (χ2n) is 4.95. The number of hydrogen-bond acceptors (Lipinski definition) is 2. The molecule has 21 heavy (non-hydrogen) atoms. The van der Waals surface area contributed by atoms with Crippen molar-refractivity contribution in [1.29, 1.82) is 0 Å². The highest BCUT2D eigenvalue weighted by Crippen LogP contribution is 2.12. The number of amides is 1. The van der Waals surface area contributed by atoms with Crippen LogP contribution >= 0.6 is 0 Å². The molecule has 2 aromatic carbocycles. The van der Waals surface area contributed by atoms with Crippen molar-refractivity contribution < 1.29 is 9.53 Å². The van der Waals surface area contributed by atoms with Crippen LogP contribution in [-0.4, -0.2) is 12.2 Å². The van der Waals surface area contributed by atoms with Crippen molar-refractivity contribution in [3.05, 3.63) is 66.2 Å². The second-order valence-corrected chi connectivity index (χ2v) is 4.95. The maximum Gasteiger partial charge on any atom is 0.411 e. The van der Waals surface area contributed by atoms with Gasteiger partial charge in [-0.1, -0.05) is 55.5 Å². The number of anilines is 1. The van der Waals surface area contributed by atoms with E-state index >= 15 is 0 Å². The van der Waals surface area contributed by atoms with E-state index in [0.29, 0.717) is 0 Å². The van der Waals surface area contributed by atoms with Crippen molar-refractivity contribution >= 4 is 11.8 Å². The zero-order valence-corrected chi connectivity index (χ0v) is 12.3. The van der Waals surface area contributed by atoms with Crippen LogP contribution in [0, 0.1) is 0 Å². The fourth-order valence-corrected chi connectivity index (χ4v) is 2.14. The van der Waals surface area contributed by atoms with Crippen LogP contribution in [0.25, 0.3) is 0 Å². The summed E-state index contributed by atoms with van der Waals surface area (Å²) in [5, 5.41) is 2.74. The molecule has 0 unspecified atom stereocenters. The van der Waals surface area contributed by atoms with Gasteiger partial charge in [0.2, 0.25) is 0 Å². The Balaban J connectivity index is 1.80. The molecule has 110 valence electrons. The van der Waals surface area contributed by atoms with Crippen LogP contribution in [0.2, 0.25) is 0 Å². The first-order valence-corrected chi connectivity index (χ1v) is 7.34. The summed E-state index contributed by atoms with van der Waals surface area (Å²) < 4.78 is 5.48. The Kier molecular flexibility index (Phi) is 5.83. The highest BCUT2D eigenvalue weighted by atomic mass is 16.6. The maximum atomic E-state index is 11.9. The van der Waals surface area contributed by atoms with Gasteiger partial charge in [-0.05, 0) is 37.0 Å². The molecule has 1 atom stereocenters. The molecule has 0 aliphatic heterocycles. The van der Waals surface area contributed by atoms with Gasteiger partial charge in [-0.3, -0.25) is 5.32 Å². The molecule has 0 aliphatic rings. The van der Waals surface area contributed by atoms with Crippen molar-refractivity contribution in [3.8, 4) is 0 Å². The summed E-state index contributed by atoms with van der Waals surface area (Å²) in [7, 11) is 0. The molecule has 0 radical (unpaired) electrons. The number of ether oxygens (including phenoxy) is 1. The Morgan fingerprint density at radius 3 is 2.29 bits per heavy atom. The summed E-state index contributed by atoms with van der Waals surface area (Å²) in [6, 6.07) is 19.6. The number of para-hydroxylation sites is 1. The van der Waals surface area contributed by atoms with Gasteiger partial charge in [-0.25, -0.2) is 4.79 Å². The largest absolute Gasteiger partial charge is 0.446 e. The Labute approximate surface area is 126 Å². The van der Waals surface area contributed by atoms with E-state index in [-0.39, 0.29) is 12.2 Å². The van der Waals surface area contributed by atoms with Crippen molar-refractivity contribution in [2.24, 2.45) is 0 Å². The predicted octanol–water partition coefficient (Wildman–Crippen LogP) is 4.65. The fourth-order valence-electron chi connectivity index (χ4n) is 2.14. The highest BCUT2D eigenvalue weighted by Gasteiger charge is 2.12. The minimum atomic E-state index is -0.388. The molecular weight excluding hydrogens is 262 g/mol. The Bertz CT molecular complexity index is 540. The van der Waals surface area contributed by atoms with E-state index in [2.05, 4.69) is 17.4 Å². The van der Waals surface area contributed by atoms with E-state index < -0.39 is 0 Å². The number of carbonyl (C=O) groups is 1. The molecule has 1 N–H and O–H groups in total. The third-order valence-electron chi connectivity index (χ3n) is 3.35. The lowest BCUT2D eigenvalue weighted by atomic mass is 10.1. The van der Waals surface area contributed by atoms with Gasteiger partial charge in [-0.2, -0.15) is 0 Å². The van der Waals surface area contributed by atoms with E-state index in [1.807, 2.05) is 55.5 Å². The first-order valence-electron chi connectivity index (χ1n) is 7.34. The minimum absolute atomic E-state index is 0.0612. The second kappa shape index (κ2) is 8.10. The summed E-state index contributed by atoms with van der Waals surface area (Å²) in [5.74, 6) is 0. The van der Waals surface area contributed by atoms with Crippen LogP contribution in [0.5, 0.6) is 0 Å². The van der Waals surface area contributed by atoms with Crippen LogP contribution in [0.1, 0.15) is 25.3 Å². The molecule has 3 heteroatoms. The minimum Gasteiger partial charge on any atom is -0.446 e. The van der Waals surface area contributed by atoms with Gasteiger partial charge in [0.25, 0.3) is 0 Å². The molecule has 0 saturated heterocycles. The smallest absolute Gasteiger partial charge is 0.411 e. The lowest BCUT2D eigenvalue weighted by Gasteiger charge is -2.16. The van der Waals surface area contributed by atoms with Gasteiger partial charge < -0.3 is 4.74 Å². The van der Waals surface area contributed by atoms with Gasteiger partial charge >= 0.3 is 6.09 Å². The van der Waals surface area contributed by atoms with Gasteiger partial charge in [0.15, 0.2) is 0 Å². The molecule has 0 spiro atoms. The van der Waals surface area contributed by atoms with E-state index in [4.69, 9.17) is 4.74 Å². The quantitative estimate of drug-likeness (QED) is 0.838. The summed E-state index contributed by atoms with van der Waals surface area (Å²) in [5.41, 5.74) is 2.02. The average molecular weight is 283 g/mol.